The topological polar surface area (TPSA) is 50.6 Å². The van der Waals surface area contributed by atoms with Crippen LogP contribution in [-0.4, -0.2) is 33.8 Å². The van der Waals surface area contributed by atoms with E-state index in [1.54, 1.807) is 0 Å². The molecular formula is C7H16N2O2S. The van der Waals surface area contributed by atoms with Gasteiger partial charge in [-0.3, -0.25) is 0 Å². The number of likely N-dealkylation sites (tertiary alicyclic amines) is 1. The van der Waals surface area contributed by atoms with Gasteiger partial charge in [-0.05, 0) is 0 Å². The highest BCUT2D eigenvalue weighted by Crippen LogP contribution is 1.99. The number of piperidine rings is 1. The maximum Gasteiger partial charge on any atom is 0.208 e. The van der Waals surface area contributed by atoms with Gasteiger partial charge in [0.1, 0.15) is 0 Å². The van der Waals surface area contributed by atoms with E-state index in [1.807, 2.05) is 0 Å². The monoisotopic (exact) mass is 192 g/mol. The lowest BCUT2D eigenvalue weighted by Crippen LogP contribution is -3.08. The number of nitrogens with one attached hydrogen (secondary N) is 2. The second-order valence-corrected chi connectivity index (χ2v) is 5.19. The third kappa shape index (κ3) is 3.51. The lowest BCUT2D eigenvalue weighted by atomic mass is 10.1. The first-order valence-corrected chi connectivity index (χ1v) is 6.00. The third-order valence-electron chi connectivity index (χ3n) is 2.07. The van der Waals surface area contributed by atoms with Crippen LogP contribution in [-0.2, 0) is 10.0 Å². The zero-order valence-electron chi connectivity index (χ0n) is 7.34. The molecule has 12 heavy (non-hydrogen) atoms. The molecule has 1 aliphatic heterocycles. The van der Waals surface area contributed by atoms with Crippen LogP contribution in [0.3, 0.4) is 0 Å². The van der Waals surface area contributed by atoms with E-state index in [4.69, 9.17) is 0 Å². The van der Waals surface area contributed by atoms with Gasteiger partial charge in [0.05, 0.1) is 19.3 Å². The minimum atomic E-state index is -3.02. The lowest BCUT2D eigenvalue weighted by Gasteiger charge is -2.30. The molecule has 72 valence electrons. The molecule has 0 aromatic rings. The molecule has 5 heteroatoms. The van der Waals surface area contributed by atoms with E-state index in [1.165, 1.54) is 11.2 Å². The molecule has 1 fully saturated rings. The standard InChI is InChI=1S/C7H16N2O2S/c1-9-5-3-7(4-6-9)8-12(2,10)11/h7-9H,1,3-6H2,2H3. The van der Waals surface area contributed by atoms with E-state index in [2.05, 4.69) is 11.8 Å². The molecular weight excluding hydrogens is 176 g/mol. The van der Waals surface area contributed by atoms with Crippen LogP contribution in [0, 0.1) is 7.05 Å². The number of hydrogen-bond donors (Lipinski definition) is 2. The van der Waals surface area contributed by atoms with Gasteiger partial charge < -0.3 is 4.90 Å². The van der Waals surface area contributed by atoms with Crippen molar-refractivity contribution in [3.63, 3.8) is 0 Å². The Bertz CT molecular complexity index is 230. The zero-order valence-corrected chi connectivity index (χ0v) is 8.15. The molecule has 0 aromatic heterocycles. The van der Waals surface area contributed by atoms with Crippen molar-refractivity contribution in [2.45, 2.75) is 18.9 Å². The van der Waals surface area contributed by atoms with Crippen LogP contribution in [0.1, 0.15) is 12.8 Å². The van der Waals surface area contributed by atoms with E-state index in [-0.39, 0.29) is 6.04 Å². The largest absolute Gasteiger partial charge is 0.468 e. The van der Waals surface area contributed by atoms with Crippen LogP contribution in [0.4, 0.5) is 0 Å². The van der Waals surface area contributed by atoms with Gasteiger partial charge in [0.2, 0.25) is 10.0 Å². The Morgan fingerprint density at radius 3 is 2.33 bits per heavy atom. The maximum absolute atomic E-state index is 10.8. The summed E-state index contributed by atoms with van der Waals surface area (Å²) < 4.78 is 24.3. The molecule has 1 aliphatic rings. The fourth-order valence-electron chi connectivity index (χ4n) is 1.45. The fraction of sp³-hybridized carbons (Fsp3) is 0.857. The molecule has 1 saturated heterocycles. The van der Waals surface area contributed by atoms with Gasteiger partial charge in [-0.25, -0.2) is 13.1 Å². The Morgan fingerprint density at radius 2 is 1.92 bits per heavy atom. The SMILES string of the molecule is [CH2-][NH+]1CCC(NS(C)(=O)=O)CC1. The average Bonchev–Trinajstić information content (AvgIpc) is 1.91. The van der Waals surface area contributed by atoms with Crippen molar-refractivity contribution in [1.29, 1.82) is 0 Å². The summed E-state index contributed by atoms with van der Waals surface area (Å²) in [5.41, 5.74) is 0. The molecule has 0 radical (unpaired) electrons. The van der Waals surface area contributed by atoms with Crippen molar-refractivity contribution in [3.05, 3.63) is 7.05 Å². The highest BCUT2D eigenvalue weighted by molar-refractivity contribution is 7.88. The molecule has 0 atom stereocenters. The smallest absolute Gasteiger partial charge is 0.208 e. The normalized spacial score (nSPS) is 31.8. The highest BCUT2D eigenvalue weighted by atomic mass is 32.2. The molecule has 0 unspecified atom stereocenters. The van der Waals surface area contributed by atoms with E-state index in [0.29, 0.717) is 0 Å². The van der Waals surface area contributed by atoms with Crippen LogP contribution in [0.25, 0.3) is 0 Å². The second-order valence-electron chi connectivity index (χ2n) is 3.41. The Kier molecular flexibility index (Phi) is 3.09. The molecule has 0 aromatic carbocycles. The van der Waals surface area contributed by atoms with E-state index < -0.39 is 10.0 Å². The molecule has 0 amide bonds. The number of sulfonamides is 1. The van der Waals surface area contributed by atoms with Gasteiger partial charge in [0.15, 0.2) is 0 Å². The van der Waals surface area contributed by atoms with Gasteiger partial charge in [0, 0.05) is 18.9 Å². The summed E-state index contributed by atoms with van der Waals surface area (Å²) in [6.07, 6.45) is 2.99. The first-order valence-electron chi connectivity index (χ1n) is 4.11. The van der Waals surface area contributed by atoms with Crippen molar-refractivity contribution in [3.8, 4) is 0 Å². The molecule has 4 nitrogen and oxygen atoms in total. The summed E-state index contributed by atoms with van der Waals surface area (Å²) >= 11 is 0. The van der Waals surface area contributed by atoms with Crippen molar-refractivity contribution >= 4 is 10.0 Å². The van der Waals surface area contributed by atoms with Gasteiger partial charge >= 0.3 is 0 Å². The summed E-state index contributed by atoms with van der Waals surface area (Å²) in [4.78, 5) is 1.24. The summed E-state index contributed by atoms with van der Waals surface area (Å²) in [7, 11) is 0.847. The minimum absolute atomic E-state index is 0.130. The van der Waals surface area contributed by atoms with Crippen LogP contribution < -0.4 is 9.62 Å². The summed E-state index contributed by atoms with van der Waals surface area (Å²) in [6.45, 7) is 1.90. The van der Waals surface area contributed by atoms with Crippen LogP contribution in [0.5, 0.6) is 0 Å². The first kappa shape index (κ1) is 9.95. The average molecular weight is 192 g/mol. The van der Waals surface area contributed by atoms with Crippen molar-refractivity contribution < 1.29 is 13.3 Å². The Hall–Kier alpha value is -0.130. The van der Waals surface area contributed by atoms with Gasteiger partial charge in [-0.2, -0.15) is 7.05 Å². The van der Waals surface area contributed by atoms with Crippen molar-refractivity contribution in [1.82, 2.24) is 4.72 Å². The fourth-order valence-corrected chi connectivity index (χ4v) is 2.29. The number of rotatable bonds is 2. The predicted octanol–water partition coefficient (Wildman–Crippen LogP) is -1.63. The number of quaternary nitrogens is 1. The van der Waals surface area contributed by atoms with Gasteiger partial charge in [-0.1, -0.05) is 0 Å². The quantitative estimate of drug-likeness (QED) is 0.516. The Labute approximate surface area is 74.0 Å². The van der Waals surface area contributed by atoms with E-state index in [9.17, 15) is 8.42 Å². The number of hydrogen-bond acceptors (Lipinski definition) is 2. The third-order valence-corrected chi connectivity index (χ3v) is 2.83. The Morgan fingerprint density at radius 1 is 1.42 bits per heavy atom. The van der Waals surface area contributed by atoms with Crippen LogP contribution in [0.15, 0.2) is 0 Å². The van der Waals surface area contributed by atoms with Crippen molar-refractivity contribution in [2.75, 3.05) is 19.3 Å². The first-order chi connectivity index (χ1) is 5.47. The van der Waals surface area contributed by atoms with E-state index in [0.717, 1.165) is 25.9 Å². The van der Waals surface area contributed by atoms with E-state index >= 15 is 0 Å². The second kappa shape index (κ2) is 3.72. The molecule has 0 spiro atoms. The predicted molar refractivity (Wildman–Crippen MR) is 47.1 cm³/mol. The molecule has 1 rings (SSSR count). The zero-order chi connectivity index (χ0) is 9.19. The minimum Gasteiger partial charge on any atom is -0.468 e. The maximum atomic E-state index is 10.8. The van der Waals surface area contributed by atoms with Crippen molar-refractivity contribution in [2.24, 2.45) is 0 Å². The van der Waals surface area contributed by atoms with Gasteiger partial charge in [-0.15, -0.1) is 0 Å². The summed E-state index contributed by atoms with van der Waals surface area (Å²) in [6, 6.07) is 0.130. The molecule has 0 aliphatic carbocycles. The summed E-state index contributed by atoms with van der Waals surface area (Å²) in [5.74, 6) is 0. The molecule has 2 N–H and O–H groups in total. The van der Waals surface area contributed by atoms with Crippen LogP contribution >= 0.6 is 0 Å². The summed E-state index contributed by atoms with van der Waals surface area (Å²) in [5, 5.41) is 0. The van der Waals surface area contributed by atoms with Gasteiger partial charge in [0.25, 0.3) is 0 Å². The highest BCUT2D eigenvalue weighted by Gasteiger charge is 2.19. The lowest BCUT2D eigenvalue weighted by molar-refractivity contribution is -0.859. The molecule has 0 saturated carbocycles. The molecule has 0 bridgehead atoms. The van der Waals surface area contributed by atoms with Crippen LogP contribution in [0.2, 0.25) is 0 Å². The molecule has 1 heterocycles. The Balaban J connectivity index is 2.36.